The van der Waals surface area contributed by atoms with Crippen LogP contribution in [0.15, 0.2) is 11.8 Å². The van der Waals surface area contributed by atoms with Crippen molar-refractivity contribution in [3.8, 4) is 0 Å². The SMILES string of the molecule is CC(C)=CN1CCC[C@H]1C. The third-order valence-corrected chi connectivity index (χ3v) is 2.03. The van der Waals surface area contributed by atoms with Gasteiger partial charge in [-0.15, -0.1) is 0 Å². The van der Waals surface area contributed by atoms with Crippen LogP contribution < -0.4 is 0 Å². The first-order valence-corrected chi connectivity index (χ1v) is 4.11. The summed E-state index contributed by atoms with van der Waals surface area (Å²) in [4.78, 5) is 2.44. The van der Waals surface area contributed by atoms with Crippen LogP contribution in [0.4, 0.5) is 0 Å². The molecule has 1 rings (SSSR count). The minimum absolute atomic E-state index is 0.773. The minimum Gasteiger partial charge on any atom is -0.375 e. The molecule has 10 heavy (non-hydrogen) atoms. The molecule has 0 aliphatic carbocycles. The average Bonchev–Trinajstić information content (AvgIpc) is 2.15. The highest BCUT2D eigenvalue weighted by Crippen LogP contribution is 2.17. The largest absolute Gasteiger partial charge is 0.375 e. The van der Waals surface area contributed by atoms with E-state index in [2.05, 4.69) is 31.9 Å². The molecule has 0 bridgehead atoms. The van der Waals surface area contributed by atoms with Gasteiger partial charge < -0.3 is 4.90 Å². The van der Waals surface area contributed by atoms with E-state index < -0.39 is 0 Å². The first kappa shape index (κ1) is 7.64. The molecule has 1 nitrogen and oxygen atoms in total. The van der Waals surface area contributed by atoms with Crippen LogP contribution in [-0.4, -0.2) is 17.5 Å². The average molecular weight is 139 g/mol. The van der Waals surface area contributed by atoms with Gasteiger partial charge in [0.05, 0.1) is 0 Å². The van der Waals surface area contributed by atoms with Crippen molar-refractivity contribution in [3.63, 3.8) is 0 Å². The summed E-state index contributed by atoms with van der Waals surface area (Å²) in [5.41, 5.74) is 1.41. The van der Waals surface area contributed by atoms with Crippen molar-refractivity contribution in [2.24, 2.45) is 0 Å². The van der Waals surface area contributed by atoms with Crippen LogP contribution in [0, 0.1) is 0 Å². The normalized spacial score (nSPS) is 25.1. The van der Waals surface area contributed by atoms with Gasteiger partial charge in [-0.2, -0.15) is 0 Å². The highest BCUT2D eigenvalue weighted by molar-refractivity contribution is 4.96. The predicted molar refractivity (Wildman–Crippen MR) is 44.8 cm³/mol. The Morgan fingerprint density at radius 3 is 2.60 bits per heavy atom. The Balaban J connectivity index is 2.48. The Labute approximate surface area is 63.7 Å². The lowest BCUT2D eigenvalue weighted by atomic mass is 10.2. The van der Waals surface area contributed by atoms with Crippen molar-refractivity contribution in [2.75, 3.05) is 6.54 Å². The maximum Gasteiger partial charge on any atom is 0.0256 e. The number of likely N-dealkylation sites (tertiary alicyclic amines) is 1. The number of nitrogens with zero attached hydrogens (tertiary/aromatic N) is 1. The van der Waals surface area contributed by atoms with Crippen LogP contribution in [0.2, 0.25) is 0 Å². The number of rotatable bonds is 1. The fourth-order valence-corrected chi connectivity index (χ4v) is 1.48. The summed E-state index contributed by atoms with van der Waals surface area (Å²) in [5, 5.41) is 0. The lowest BCUT2D eigenvalue weighted by molar-refractivity contribution is 0.369. The molecule has 0 saturated carbocycles. The van der Waals surface area contributed by atoms with E-state index >= 15 is 0 Å². The third-order valence-electron chi connectivity index (χ3n) is 2.03. The summed E-state index contributed by atoms with van der Waals surface area (Å²) in [6.45, 7) is 7.87. The molecule has 58 valence electrons. The molecule has 1 heteroatoms. The lowest BCUT2D eigenvalue weighted by Gasteiger charge is -2.18. The zero-order valence-electron chi connectivity index (χ0n) is 7.22. The highest BCUT2D eigenvalue weighted by Gasteiger charge is 2.15. The van der Waals surface area contributed by atoms with Gasteiger partial charge in [-0.1, -0.05) is 5.57 Å². The van der Waals surface area contributed by atoms with E-state index in [-0.39, 0.29) is 0 Å². The van der Waals surface area contributed by atoms with Gasteiger partial charge in [0.1, 0.15) is 0 Å². The van der Waals surface area contributed by atoms with Crippen molar-refractivity contribution in [1.82, 2.24) is 4.90 Å². The van der Waals surface area contributed by atoms with Crippen molar-refractivity contribution in [3.05, 3.63) is 11.8 Å². The van der Waals surface area contributed by atoms with E-state index in [1.54, 1.807) is 0 Å². The van der Waals surface area contributed by atoms with E-state index in [9.17, 15) is 0 Å². The molecule has 0 radical (unpaired) electrons. The van der Waals surface area contributed by atoms with Gasteiger partial charge in [0, 0.05) is 12.6 Å². The molecule has 1 saturated heterocycles. The van der Waals surface area contributed by atoms with Crippen LogP contribution in [0.3, 0.4) is 0 Å². The Morgan fingerprint density at radius 2 is 2.20 bits per heavy atom. The molecule has 0 unspecified atom stereocenters. The topological polar surface area (TPSA) is 3.24 Å². The summed E-state index contributed by atoms with van der Waals surface area (Å²) < 4.78 is 0. The van der Waals surface area contributed by atoms with Crippen LogP contribution in [-0.2, 0) is 0 Å². The van der Waals surface area contributed by atoms with Gasteiger partial charge in [-0.05, 0) is 39.8 Å². The molecular weight excluding hydrogens is 122 g/mol. The smallest absolute Gasteiger partial charge is 0.0256 e. The first-order chi connectivity index (χ1) is 4.70. The molecule has 1 atom stereocenters. The van der Waals surface area contributed by atoms with Crippen LogP contribution in [0.25, 0.3) is 0 Å². The van der Waals surface area contributed by atoms with E-state index in [0.29, 0.717) is 0 Å². The van der Waals surface area contributed by atoms with Gasteiger partial charge in [0.15, 0.2) is 0 Å². The molecular formula is C9H17N. The lowest BCUT2D eigenvalue weighted by Crippen LogP contribution is -2.20. The van der Waals surface area contributed by atoms with Gasteiger partial charge in [0.25, 0.3) is 0 Å². The van der Waals surface area contributed by atoms with Crippen molar-refractivity contribution in [1.29, 1.82) is 0 Å². The van der Waals surface area contributed by atoms with Gasteiger partial charge >= 0.3 is 0 Å². The maximum atomic E-state index is 2.44. The van der Waals surface area contributed by atoms with Crippen LogP contribution in [0.5, 0.6) is 0 Å². The van der Waals surface area contributed by atoms with Crippen molar-refractivity contribution < 1.29 is 0 Å². The zero-order valence-corrected chi connectivity index (χ0v) is 7.22. The van der Waals surface area contributed by atoms with Gasteiger partial charge in [-0.3, -0.25) is 0 Å². The summed E-state index contributed by atoms with van der Waals surface area (Å²) in [5.74, 6) is 0. The van der Waals surface area contributed by atoms with E-state index in [1.165, 1.54) is 25.0 Å². The van der Waals surface area contributed by atoms with Crippen LogP contribution >= 0.6 is 0 Å². The summed E-state index contributed by atoms with van der Waals surface area (Å²) in [6, 6.07) is 0.773. The molecule has 0 spiro atoms. The summed E-state index contributed by atoms with van der Waals surface area (Å²) in [7, 11) is 0. The van der Waals surface area contributed by atoms with E-state index in [4.69, 9.17) is 0 Å². The number of hydrogen-bond donors (Lipinski definition) is 0. The fourth-order valence-electron chi connectivity index (χ4n) is 1.48. The standard InChI is InChI=1S/C9H17N/c1-8(2)7-10-6-4-5-9(10)3/h7,9H,4-6H2,1-3H3/t9-/m1/s1. The van der Waals surface area contributed by atoms with E-state index in [0.717, 1.165) is 6.04 Å². The molecule has 1 aliphatic heterocycles. The second kappa shape index (κ2) is 3.09. The van der Waals surface area contributed by atoms with E-state index in [1.807, 2.05) is 0 Å². The van der Waals surface area contributed by atoms with Crippen molar-refractivity contribution in [2.45, 2.75) is 39.7 Å². The summed E-state index contributed by atoms with van der Waals surface area (Å²) in [6.07, 6.45) is 5.01. The van der Waals surface area contributed by atoms with Gasteiger partial charge in [0.2, 0.25) is 0 Å². The Kier molecular flexibility index (Phi) is 2.36. The Bertz CT molecular complexity index is 134. The molecule has 0 amide bonds. The number of hydrogen-bond acceptors (Lipinski definition) is 1. The zero-order chi connectivity index (χ0) is 7.56. The summed E-state index contributed by atoms with van der Waals surface area (Å²) >= 11 is 0. The molecule has 1 aliphatic rings. The monoisotopic (exact) mass is 139 g/mol. The highest BCUT2D eigenvalue weighted by atomic mass is 15.1. The predicted octanol–water partition coefficient (Wildman–Crippen LogP) is 2.39. The molecule has 1 heterocycles. The van der Waals surface area contributed by atoms with Gasteiger partial charge in [-0.25, -0.2) is 0 Å². The van der Waals surface area contributed by atoms with Crippen LogP contribution in [0.1, 0.15) is 33.6 Å². The Morgan fingerprint density at radius 1 is 1.50 bits per heavy atom. The molecule has 0 aromatic carbocycles. The molecule has 0 N–H and O–H groups in total. The Hall–Kier alpha value is -0.460. The first-order valence-electron chi connectivity index (χ1n) is 4.11. The van der Waals surface area contributed by atoms with Crippen molar-refractivity contribution >= 4 is 0 Å². The minimum atomic E-state index is 0.773. The molecule has 0 aromatic rings. The number of allylic oxidation sites excluding steroid dienone is 1. The second-order valence-electron chi connectivity index (χ2n) is 3.44. The maximum absolute atomic E-state index is 2.44. The molecule has 1 fully saturated rings. The quantitative estimate of drug-likeness (QED) is 0.539. The fraction of sp³-hybridized carbons (Fsp3) is 0.778. The second-order valence-corrected chi connectivity index (χ2v) is 3.44. The molecule has 0 aromatic heterocycles. The third kappa shape index (κ3) is 1.76.